The van der Waals surface area contributed by atoms with Crippen molar-refractivity contribution in [3.8, 4) is 0 Å². The molecule has 0 unspecified atom stereocenters. The predicted molar refractivity (Wildman–Crippen MR) is 154 cm³/mol. The van der Waals surface area contributed by atoms with Gasteiger partial charge in [-0.3, -0.25) is 0 Å². The molecule has 1 aromatic heterocycles. The van der Waals surface area contributed by atoms with Gasteiger partial charge in [0.25, 0.3) is 0 Å². The first-order chi connectivity index (χ1) is 15.1. The summed E-state index contributed by atoms with van der Waals surface area (Å²) in [5.74, 6) is 4.51. The Morgan fingerprint density at radius 2 is 0.968 bits per heavy atom. The van der Waals surface area contributed by atoms with Crippen LogP contribution in [0.2, 0.25) is 13.3 Å². The Morgan fingerprint density at radius 1 is 0.581 bits per heavy atom. The third-order valence-electron chi connectivity index (χ3n) is 7.22. The van der Waals surface area contributed by atoms with Gasteiger partial charge in [0.2, 0.25) is 0 Å². The topological polar surface area (TPSA) is 0 Å². The number of hydrogen-bond donors (Lipinski definition) is 0. The fourth-order valence-corrected chi connectivity index (χ4v) is 31.3. The van der Waals surface area contributed by atoms with E-state index in [1.54, 1.807) is 13.3 Å². The summed E-state index contributed by atoms with van der Waals surface area (Å²) in [6, 6.07) is 5.40. The van der Waals surface area contributed by atoms with E-state index in [4.69, 9.17) is 0 Å². The molecule has 0 fully saturated rings. The molecule has 0 atom stereocenters. The molecule has 31 heavy (non-hydrogen) atoms. The third-order valence-corrected chi connectivity index (χ3v) is 31.9. The molecule has 1 aromatic rings. The minimum atomic E-state index is -2.28. The molecule has 3 heteroatoms. The normalized spacial score (nSPS) is 13.1. The van der Waals surface area contributed by atoms with Crippen molar-refractivity contribution in [2.24, 2.45) is 0 Å². The molecule has 184 valence electrons. The van der Waals surface area contributed by atoms with E-state index < -0.39 is 28.4 Å². The Labute approximate surface area is 207 Å². The predicted octanol–water partition coefficient (Wildman–Crippen LogP) is 10.4. The van der Waals surface area contributed by atoms with Gasteiger partial charge in [0.15, 0.2) is 0 Å². The number of unbranched alkanes of at least 4 members (excludes halogenated alkanes) is 6. The standard InChI is InChI=1S/C16H29S2.3C4H9.Sn/c1-4-7-13-18(14-8-5-2,15-9-6-3)16-11-10-12-17-16;3*1-3-4-2;/h10-11H,4-9,13-15H2,1-3H3;3*1,3-4H2,2H3;. The number of hydrogen-bond acceptors (Lipinski definition) is 1. The summed E-state index contributed by atoms with van der Waals surface area (Å²) in [7, 11) is -0.610. The molecule has 0 bridgehead atoms. The van der Waals surface area contributed by atoms with Crippen LogP contribution >= 0.6 is 21.4 Å². The fraction of sp³-hybridized carbons (Fsp3) is 0.857. The zero-order chi connectivity index (χ0) is 23.0. The first-order valence-electron chi connectivity index (χ1n) is 13.9. The van der Waals surface area contributed by atoms with E-state index in [0.717, 1.165) is 0 Å². The Bertz CT molecular complexity index is 461. The summed E-state index contributed by atoms with van der Waals surface area (Å²) in [5, 5.41) is 0. The van der Waals surface area contributed by atoms with Gasteiger partial charge in [-0.25, -0.2) is 0 Å². The zero-order valence-electron chi connectivity index (χ0n) is 22.2. The SMILES string of the molecule is CCCCS(CCCC)(CCCC)c1cc[c]([Sn]([CH2]CCC)([CH2]CCC)[CH2]CCC)s1. The summed E-state index contributed by atoms with van der Waals surface area (Å²) in [4.78, 5) is 0. The molecule has 0 saturated heterocycles. The van der Waals surface area contributed by atoms with Crippen molar-refractivity contribution in [2.45, 2.75) is 136 Å². The average molecular weight is 576 g/mol. The molecular weight excluding hydrogens is 519 g/mol. The Kier molecular flexibility index (Phi) is 16.7. The molecule has 0 radical (unpaired) electrons. The summed E-state index contributed by atoms with van der Waals surface area (Å²) < 4.78 is 8.70. The quantitative estimate of drug-likeness (QED) is 0.136. The van der Waals surface area contributed by atoms with Crippen molar-refractivity contribution in [3.63, 3.8) is 0 Å². The Morgan fingerprint density at radius 3 is 1.32 bits per heavy atom. The van der Waals surface area contributed by atoms with Crippen LogP contribution in [0, 0.1) is 0 Å². The fourth-order valence-electron chi connectivity index (χ4n) is 5.00. The van der Waals surface area contributed by atoms with E-state index >= 15 is 0 Å². The van der Waals surface area contributed by atoms with Gasteiger partial charge in [0, 0.05) is 0 Å². The molecular formula is C28H56S2Sn. The molecule has 0 aliphatic rings. The van der Waals surface area contributed by atoms with E-state index in [1.165, 1.54) is 94.3 Å². The van der Waals surface area contributed by atoms with Crippen LogP contribution in [0.3, 0.4) is 0 Å². The van der Waals surface area contributed by atoms with E-state index in [9.17, 15) is 0 Å². The van der Waals surface area contributed by atoms with Crippen LogP contribution in [-0.4, -0.2) is 35.6 Å². The van der Waals surface area contributed by atoms with Crippen LogP contribution in [-0.2, 0) is 0 Å². The molecule has 0 amide bonds. The second-order valence-corrected chi connectivity index (χ2v) is 29.2. The van der Waals surface area contributed by atoms with Crippen molar-refractivity contribution >= 4 is 42.6 Å². The third kappa shape index (κ3) is 9.55. The molecule has 0 saturated carbocycles. The van der Waals surface area contributed by atoms with Gasteiger partial charge in [0.05, 0.1) is 0 Å². The first kappa shape index (κ1) is 29.9. The summed E-state index contributed by atoms with van der Waals surface area (Å²) >= 11 is 0.0991. The van der Waals surface area contributed by atoms with Crippen LogP contribution in [0.25, 0.3) is 0 Å². The first-order valence-corrected chi connectivity index (χ1v) is 24.4. The molecule has 0 aliphatic carbocycles. The molecule has 0 N–H and O–H groups in total. The van der Waals surface area contributed by atoms with Crippen LogP contribution in [0.4, 0.5) is 0 Å². The van der Waals surface area contributed by atoms with E-state index in [0.29, 0.717) is 0 Å². The molecule has 0 spiro atoms. The van der Waals surface area contributed by atoms with Gasteiger partial charge in [-0.15, -0.1) is 0 Å². The van der Waals surface area contributed by atoms with Crippen LogP contribution in [0.5, 0.6) is 0 Å². The maximum atomic E-state index is 2.71. The second kappa shape index (κ2) is 17.3. The molecule has 0 aliphatic heterocycles. The van der Waals surface area contributed by atoms with E-state index in [2.05, 4.69) is 65.0 Å². The summed E-state index contributed by atoms with van der Waals surface area (Å²) in [6.45, 7) is 14.4. The van der Waals surface area contributed by atoms with Crippen molar-refractivity contribution < 1.29 is 0 Å². The summed E-state index contributed by atoms with van der Waals surface area (Å²) in [5.41, 5.74) is 0. The second-order valence-electron chi connectivity index (χ2n) is 9.93. The van der Waals surface area contributed by atoms with Gasteiger partial charge in [-0.2, -0.15) is 0 Å². The van der Waals surface area contributed by atoms with Gasteiger partial charge in [-0.05, 0) is 0 Å². The van der Waals surface area contributed by atoms with Crippen molar-refractivity contribution in [2.75, 3.05) is 17.3 Å². The minimum absolute atomic E-state index is 0.610. The Hall–Kier alpha value is 0.849. The monoisotopic (exact) mass is 576 g/mol. The number of thiophene rings is 1. The molecule has 0 aromatic carbocycles. The molecule has 0 nitrogen and oxygen atoms in total. The van der Waals surface area contributed by atoms with Crippen molar-refractivity contribution in [1.29, 1.82) is 0 Å². The summed E-state index contributed by atoms with van der Waals surface area (Å²) in [6.07, 6.45) is 17.0. The van der Waals surface area contributed by atoms with Crippen LogP contribution in [0.1, 0.15) is 119 Å². The maximum absolute atomic E-state index is 2.71. The molecule has 1 rings (SSSR count). The van der Waals surface area contributed by atoms with Crippen LogP contribution in [0.15, 0.2) is 16.3 Å². The van der Waals surface area contributed by atoms with Crippen molar-refractivity contribution in [1.82, 2.24) is 0 Å². The van der Waals surface area contributed by atoms with Gasteiger partial charge < -0.3 is 0 Å². The molecule has 1 heterocycles. The van der Waals surface area contributed by atoms with Gasteiger partial charge in [0.1, 0.15) is 0 Å². The van der Waals surface area contributed by atoms with Crippen LogP contribution < -0.4 is 2.89 Å². The van der Waals surface area contributed by atoms with E-state index in [-0.39, 0.29) is 0 Å². The van der Waals surface area contributed by atoms with Gasteiger partial charge >= 0.3 is 208 Å². The Balaban J connectivity index is 3.37. The zero-order valence-corrected chi connectivity index (χ0v) is 26.7. The van der Waals surface area contributed by atoms with Crippen molar-refractivity contribution in [3.05, 3.63) is 12.1 Å². The van der Waals surface area contributed by atoms with Gasteiger partial charge in [-0.1, -0.05) is 0 Å². The number of rotatable bonds is 20. The average Bonchev–Trinajstić information content (AvgIpc) is 3.30. The van der Waals surface area contributed by atoms with E-state index in [1.807, 2.05) is 7.10 Å².